The molecule has 2 heterocycles. The molecule has 2 aliphatic rings. The summed E-state index contributed by atoms with van der Waals surface area (Å²) in [5.41, 5.74) is 4.01. The first kappa shape index (κ1) is 17.3. The molecule has 1 aromatic carbocycles. The minimum Gasteiger partial charge on any atom is -0.493 e. The van der Waals surface area contributed by atoms with Crippen molar-refractivity contribution < 1.29 is 9.47 Å². The molecule has 5 heteroatoms. The maximum Gasteiger partial charge on any atom is 0.165 e. The second-order valence-electron chi connectivity index (χ2n) is 7.54. The molecule has 0 bridgehead atoms. The molecule has 138 valence electrons. The molecular formula is C21H27N3O2. The molecular weight excluding hydrogens is 326 g/mol. The molecule has 0 amide bonds. The standard InChI is InChI=1S/C21H27N3O2/c1-15-22-12-16-8-10-21(20(16)23-15)9-5-11-24(14-21)13-17-6-4-7-18(25-2)19(17)26-3/h4,6-7,12H,5,8-11,13-14H2,1-3H3. The van der Waals surface area contributed by atoms with Gasteiger partial charge >= 0.3 is 0 Å². The monoisotopic (exact) mass is 353 g/mol. The van der Waals surface area contributed by atoms with Crippen molar-refractivity contribution in [3.63, 3.8) is 0 Å². The predicted molar refractivity (Wildman–Crippen MR) is 101 cm³/mol. The molecule has 2 aromatic rings. The summed E-state index contributed by atoms with van der Waals surface area (Å²) in [5.74, 6) is 2.53. The number of rotatable bonds is 4. The number of para-hydroxylation sites is 1. The van der Waals surface area contributed by atoms with Gasteiger partial charge in [0.05, 0.1) is 19.9 Å². The zero-order chi connectivity index (χ0) is 18.1. The van der Waals surface area contributed by atoms with Crippen LogP contribution in [0.4, 0.5) is 0 Å². The average Bonchev–Trinajstić information content (AvgIpc) is 2.99. The Bertz CT molecular complexity index is 804. The summed E-state index contributed by atoms with van der Waals surface area (Å²) >= 11 is 0. The lowest BCUT2D eigenvalue weighted by molar-refractivity contribution is 0.135. The van der Waals surface area contributed by atoms with Gasteiger partial charge in [-0.05, 0) is 50.8 Å². The molecule has 0 N–H and O–H groups in total. The first-order valence-electron chi connectivity index (χ1n) is 9.40. The lowest BCUT2D eigenvalue weighted by atomic mass is 9.77. The van der Waals surface area contributed by atoms with Crippen molar-refractivity contribution in [1.82, 2.24) is 14.9 Å². The van der Waals surface area contributed by atoms with Crippen LogP contribution in [0.15, 0.2) is 24.4 Å². The summed E-state index contributed by atoms with van der Waals surface area (Å²) < 4.78 is 11.1. The van der Waals surface area contributed by atoms with Crippen molar-refractivity contribution in [2.24, 2.45) is 0 Å². The molecule has 1 aliphatic carbocycles. The van der Waals surface area contributed by atoms with E-state index < -0.39 is 0 Å². The molecule has 26 heavy (non-hydrogen) atoms. The van der Waals surface area contributed by atoms with Crippen LogP contribution in [0.5, 0.6) is 11.5 Å². The van der Waals surface area contributed by atoms with Crippen molar-refractivity contribution in [2.75, 3.05) is 27.3 Å². The summed E-state index contributed by atoms with van der Waals surface area (Å²) in [6.07, 6.45) is 6.76. The van der Waals surface area contributed by atoms with Crippen molar-refractivity contribution in [2.45, 2.75) is 44.6 Å². The number of likely N-dealkylation sites (tertiary alicyclic amines) is 1. The van der Waals surface area contributed by atoms with E-state index in [0.29, 0.717) is 0 Å². The fourth-order valence-electron chi connectivity index (χ4n) is 4.71. The van der Waals surface area contributed by atoms with E-state index in [2.05, 4.69) is 16.0 Å². The molecule has 4 rings (SSSR count). The average molecular weight is 353 g/mol. The van der Waals surface area contributed by atoms with E-state index in [1.165, 1.54) is 36.1 Å². The van der Waals surface area contributed by atoms with Crippen LogP contribution in [0, 0.1) is 6.92 Å². The normalized spacial score (nSPS) is 22.4. The number of aromatic nitrogens is 2. The van der Waals surface area contributed by atoms with Crippen LogP contribution < -0.4 is 9.47 Å². The molecule has 1 aliphatic heterocycles. The minimum atomic E-state index is 0.188. The zero-order valence-electron chi connectivity index (χ0n) is 15.9. The first-order chi connectivity index (χ1) is 12.6. The van der Waals surface area contributed by atoms with Crippen molar-refractivity contribution in [3.05, 3.63) is 47.0 Å². The van der Waals surface area contributed by atoms with Crippen molar-refractivity contribution in [3.8, 4) is 11.5 Å². The topological polar surface area (TPSA) is 47.5 Å². The Balaban J connectivity index is 1.59. The number of hydrogen-bond donors (Lipinski definition) is 0. The van der Waals surface area contributed by atoms with E-state index in [-0.39, 0.29) is 5.41 Å². The highest BCUT2D eigenvalue weighted by Crippen LogP contribution is 2.44. The summed E-state index contributed by atoms with van der Waals surface area (Å²) in [5, 5.41) is 0. The van der Waals surface area contributed by atoms with E-state index in [9.17, 15) is 0 Å². The van der Waals surface area contributed by atoms with E-state index in [1.807, 2.05) is 25.3 Å². The Labute approximate surface area is 155 Å². The molecule has 5 nitrogen and oxygen atoms in total. The number of nitrogens with zero attached hydrogens (tertiary/aromatic N) is 3. The molecule has 0 radical (unpaired) electrons. The third kappa shape index (κ3) is 2.94. The van der Waals surface area contributed by atoms with E-state index in [0.717, 1.165) is 43.4 Å². The van der Waals surface area contributed by atoms with E-state index in [1.54, 1.807) is 14.2 Å². The zero-order valence-corrected chi connectivity index (χ0v) is 15.9. The summed E-state index contributed by atoms with van der Waals surface area (Å²) in [6.45, 7) is 5.04. The Hall–Kier alpha value is -2.14. The molecule has 1 spiro atoms. The predicted octanol–water partition coefficient (Wildman–Crippen LogP) is 3.28. The second-order valence-corrected chi connectivity index (χ2v) is 7.54. The smallest absolute Gasteiger partial charge is 0.165 e. The van der Waals surface area contributed by atoms with Gasteiger partial charge in [-0.25, -0.2) is 9.97 Å². The molecule has 1 fully saturated rings. The third-order valence-electron chi connectivity index (χ3n) is 5.89. The third-order valence-corrected chi connectivity index (χ3v) is 5.89. The fourth-order valence-corrected chi connectivity index (χ4v) is 4.71. The van der Waals surface area contributed by atoms with Gasteiger partial charge in [0, 0.05) is 30.3 Å². The number of hydrogen-bond acceptors (Lipinski definition) is 5. The van der Waals surface area contributed by atoms with Gasteiger partial charge in [0.1, 0.15) is 5.82 Å². The minimum absolute atomic E-state index is 0.188. The number of piperidine rings is 1. The van der Waals surface area contributed by atoms with Crippen molar-refractivity contribution in [1.29, 1.82) is 0 Å². The van der Waals surface area contributed by atoms with Crippen LogP contribution in [0.2, 0.25) is 0 Å². The second kappa shape index (κ2) is 6.88. The first-order valence-corrected chi connectivity index (χ1v) is 9.40. The maximum absolute atomic E-state index is 5.63. The summed E-state index contributed by atoms with van der Waals surface area (Å²) in [7, 11) is 3.40. The molecule has 1 atom stereocenters. The fraction of sp³-hybridized carbons (Fsp3) is 0.524. The molecule has 0 saturated carbocycles. The molecule has 1 unspecified atom stereocenters. The van der Waals surface area contributed by atoms with Gasteiger partial charge in [-0.1, -0.05) is 12.1 Å². The lowest BCUT2D eigenvalue weighted by Gasteiger charge is -2.40. The van der Waals surface area contributed by atoms with Crippen LogP contribution in [-0.2, 0) is 18.4 Å². The van der Waals surface area contributed by atoms with Crippen molar-refractivity contribution >= 4 is 0 Å². The van der Waals surface area contributed by atoms with Crippen LogP contribution in [0.3, 0.4) is 0 Å². The van der Waals surface area contributed by atoms with Gasteiger partial charge in [-0.3, -0.25) is 4.90 Å². The quantitative estimate of drug-likeness (QED) is 0.844. The van der Waals surface area contributed by atoms with Gasteiger partial charge in [-0.15, -0.1) is 0 Å². The van der Waals surface area contributed by atoms with Gasteiger partial charge in [0.15, 0.2) is 11.5 Å². The number of fused-ring (bicyclic) bond motifs is 2. The number of ether oxygens (including phenoxy) is 2. The Kier molecular flexibility index (Phi) is 4.57. The van der Waals surface area contributed by atoms with Crippen LogP contribution >= 0.6 is 0 Å². The van der Waals surface area contributed by atoms with Crippen LogP contribution in [-0.4, -0.2) is 42.2 Å². The largest absolute Gasteiger partial charge is 0.493 e. The Morgan fingerprint density at radius 1 is 1.19 bits per heavy atom. The Morgan fingerprint density at radius 2 is 2.08 bits per heavy atom. The summed E-state index contributed by atoms with van der Waals surface area (Å²) in [6, 6.07) is 6.13. The summed E-state index contributed by atoms with van der Waals surface area (Å²) in [4.78, 5) is 11.8. The SMILES string of the molecule is COc1cccc(CN2CCCC3(CCc4cnc(C)nc43)C2)c1OC. The lowest BCUT2D eigenvalue weighted by Crippen LogP contribution is -2.45. The highest BCUT2D eigenvalue weighted by Gasteiger charge is 2.43. The van der Waals surface area contributed by atoms with E-state index in [4.69, 9.17) is 14.5 Å². The highest BCUT2D eigenvalue weighted by atomic mass is 16.5. The number of methoxy groups -OCH3 is 2. The van der Waals surface area contributed by atoms with Gasteiger partial charge < -0.3 is 9.47 Å². The number of benzene rings is 1. The maximum atomic E-state index is 5.63. The van der Waals surface area contributed by atoms with Crippen LogP contribution in [0.1, 0.15) is 41.9 Å². The highest BCUT2D eigenvalue weighted by molar-refractivity contribution is 5.46. The van der Waals surface area contributed by atoms with Gasteiger partial charge in [0.2, 0.25) is 0 Å². The number of aryl methyl sites for hydroxylation is 2. The van der Waals surface area contributed by atoms with Crippen LogP contribution in [0.25, 0.3) is 0 Å². The molecule has 1 aromatic heterocycles. The van der Waals surface area contributed by atoms with E-state index >= 15 is 0 Å². The van der Waals surface area contributed by atoms with Gasteiger partial charge in [-0.2, -0.15) is 0 Å². The van der Waals surface area contributed by atoms with Gasteiger partial charge in [0.25, 0.3) is 0 Å². The Morgan fingerprint density at radius 3 is 2.88 bits per heavy atom. The molecule has 1 saturated heterocycles.